The van der Waals surface area contributed by atoms with Crippen LogP contribution in [0.3, 0.4) is 0 Å². The molecule has 1 aromatic heterocycles. The lowest BCUT2D eigenvalue weighted by atomic mass is 10.1. The minimum absolute atomic E-state index is 0.109. The molecular formula is C11H16F2N4. The number of hydrogen-bond acceptors (Lipinski definition) is 4. The molecule has 1 aromatic rings. The van der Waals surface area contributed by atoms with E-state index in [1.54, 1.807) is 18.6 Å². The number of halogens is 2. The fraction of sp³-hybridized carbons (Fsp3) is 0.636. The third-order valence-corrected chi connectivity index (χ3v) is 2.90. The molecule has 1 aliphatic rings. The van der Waals surface area contributed by atoms with Crippen molar-refractivity contribution >= 4 is 5.82 Å². The molecule has 0 aromatic carbocycles. The average molecular weight is 242 g/mol. The summed E-state index contributed by atoms with van der Waals surface area (Å²) in [6.45, 7) is 2.15. The van der Waals surface area contributed by atoms with Crippen LogP contribution in [0.15, 0.2) is 18.6 Å². The summed E-state index contributed by atoms with van der Waals surface area (Å²) in [5.41, 5.74) is 0. The van der Waals surface area contributed by atoms with Crippen molar-refractivity contribution in [3.8, 4) is 0 Å². The van der Waals surface area contributed by atoms with Crippen LogP contribution >= 0.6 is 0 Å². The molecule has 0 spiro atoms. The van der Waals surface area contributed by atoms with Gasteiger partial charge in [-0.25, -0.2) is 13.8 Å². The van der Waals surface area contributed by atoms with Crippen LogP contribution in [0.2, 0.25) is 0 Å². The van der Waals surface area contributed by atoms with Crippen molar-refractivity contribution in [1.29, 1.82) is 0 Å². The molecule has 1 unspecified atom stereocenters. The van der Waals surface area contributed by atoms with Crippen molar-refractivity contribution < 1.29 is 8.78 Å². The van der Waals surface area contributed by atoms with Gasteiger partial charge in [0.1, 0.15) is 5.82 Å². The van der Waals surface area contributed by atoms with Gasteiger partial charge in [0.2, 0.25) is 0 Å². The van der Waals surface area contributed by atoms with Crippen LogP contribution < -0.4 is 5.32 Å². The van der Waals surface area contributed by atoms with E-state index in [1.165, 1.54) is 0 Å². The van der Waals surface area contributed by atoms with Crippen molar-refractivity contribution in [3.05, 3.63) is 18.6 Å². The Labute approximate surface area is 99.1 Å². The lowest BCUT2D eigenvalue weighted by molar-refractivity contribution is 0.0981. The Morgan fingerprint density at radius 2 is 2.35 bits per heavy atom. The summed E-state index contributed by atoms with van der Waals surface area (Å²) in [4.78, 5) is 9.86. The highest BCUT2D eigenvalue weighted by atomic mass is 19.3. The molecule has 1 fully saturated rings. The number of nitrogens with zero attached hydrogens (tertiary/aromatic N) is 3. The molecule has 0 radical (unpaired) electrons. The molecular weight excluding hydrogens is 226 g/mol. The number of hydrogen-bond donors (Lipinski definition) is 1. The normalized spacial score (nSPS) is 21.0. The lowest BCUT2D eigenvalue weighted by Gasteiger charge is -2.15. The zero-order valence-corrected chi connectivity index (χ0v) is 9.52. The minimum atomic E-state index is -2.23. The maximum atomic E-state index is 12.2. The van der Waals surface area contributed by atoms with E-state index in [1.807, 2.05) is 4.90 Å². The molecule has 2 heterocycles. The monoisotopic (exact) mass is 242 g/mol. The molecule has 1 N–H and O–H groups in total. The molecule has 17 heavy (non-hydrogen) atoms. The zero-order chi connectivity index (χ0) is 12.1. The molecule has 0 bridgehead atoms. The van der Waals surface area contributed by atoms with Gasteiger partial charge in [-0.1, -0.05) is 0 Å². The topological polar surface area (TPSA) is 41.0 Å². The Bertz CT molecular complexity index is 334. The number of rotatable bonds is 5. The highest BCUT2D eigenvalue weighted by Crippen LogP contribution is 2.17. The average Bonchev–Trinajstić information content (AvgIpc) is 2.75. The molecule has 2 rings (SSSR count). The number of aromatic nitrogens is 2. The number of likely N-dealkylation sites (tertiary alicyclic amines) is 1. The molecule has 1 atom stereocenters. The smallest absolute Gasteiger partial charge is 0.251 e. The van der Waals surface area contributed by atoms with Crippen LogP contribution in [-0.4, -0.2) is 47.5 Å². The van der Waals surface area contributed by atoms with Gasteiger partial charge in [-0.05, 0) is 18.9 Å². The maximum Gasteiger partial charge on any atom is 0.251 e. The van der Waals surface area contributed by atoms with Crippen molar-refractivity contribution in [1.82, 2.24) is 14.9 Å². The molecule has 0 amide bonds. The first kappa shape index (κ1) is 12.2. The van der Waals surface area contributed by atoms with Crippen LogP contribution in [0.1, 0.15) is 6.42 Å². The van der Waals surface area contributed by atoms with Crippen LogP contribution in [0.5, 0.6) is 0 Å². The van der Waals surface area contributed by atoms with Gasteiger partial charge in [0.15, 0.2) is 0 Å². The molecule has 1 aliphatic heterocycles. The predicted molar refractivity (Wildman–Crippen MR) is 61.1 cm³/mol. The van der Waals surface area contributed by atoms with Gasteiger partial charge in [0.25, 0.3) is 6.43 Å². The maximum absolute atomic E-state index is 12.2. The minimum Gasteiger partial charge on any atom is -0.368 e. The van der Waals surface area contributed by atoms with Crippen molar-refractivity contribution in [2.45, 2.75) is 12.8 Å². The second-order valence-corrected chi connectivity index (χ2v) is 4.28. The van der Waals surface area contributed by atoms with Gasteiger partial charge in [-0.15, -0.1) is 0 Å². The fourth-order valence-corrected chi connectivity index (χ4v) is 2.08. The van der Waals surface area contributed by atoms with E-state index in [4.69, 9.17) is 0 Å². The SMILES string of the molecule is FC(F)CN1CCC(CNc2cnccn2)C1. The largest absolute Gasteiger partial charge is 0.368 e. The van der Waals surface area contributed by atoms with Crippen LogP contribution in [0.25, 0.3) is 0 Å². The first-order valence-corrected chi connectivity index (χ1v) is 5.74. The van der Waals surface area contributed by atoms with E-state index in [2.05, 4.69) is 15.3 Å². The molecule has 94 valence electrons. The number of alkyl halides is 2. The summed E-state index contributed by atoms with van der Waals surface area (Å²) in [6, 6.07) is 0. The molecule has 4 nitrogen and oxygen atoms in total. The number of nitrogens with one attached hydrogen (secondary N) is 1. The fourth-order valence-electron chi connectivity index (χ4n) is 2.08. The summed E-state index contributed by atoms with van der Waals surface area (Å²) in [7, 11) is 0. The van der Waals surface area contributed by atoms with E-state index in [9.17, 15) is 8.78 Å². The summed E-state index contributed by atoms with van der Waals surface area (Å²) in [5.74, 6) is 1.15. The standard InChI is InChI=1S/C11H16F2N4/c12-10(13)8-17-4-1-9(7-17)5-16-11-6-14-2-3-15-11/h2-3,6,9-10H,1,4-5,7-8H2,(H,15,16). The summed E-state index contributed by atoms with van der Waals surface area (Å²) in [5, 5.41) is 3.17. The third kappa shape index (κ3) is 3.89. The van der Waals surface area contributed by atoms with Gasteiger partial charge in [-0.3, -0.25) is 9.88 Å². The summed E-state index contributed by atoms with van der Waals surface area (Å²) >= 11 is 0. The highest BCUT2D eigenvalue weighted by Gasteiger charge is 2.24. The summed E-state index contributed by atoms with van der Waals surface area (Å²) < 4.78 is 24.4. The van der Waals surface area contributed by atoms with Crippen LogP contribution in [-0.2, 0) is 0 Å². The first-order valence-electron chi connectivity index (χ1n) is 5.74. The van der Waals surface area contributed by atoms with E-state index in [0.717, 1.165) is 31.9 Å². The Balaban J connectivity index is 1.71. The van der Waals surface area contributed by atoms with Gasteiger partial charge in [0.05, 0.1) is 12.7 Å². The summed E-state index contributed by atoms with van der Waals surface area (Å²) in [6.07, 6.45) is 3.62. The predicted octanol–water partition coefficient (Wildman–Crippen LogP) is 1.48. The Kier molecular flexibility index (Phi) is 4.19. The second kappa shape index (κ2) is 5.86. The van der Waals surface area contributed by atoms with E-state index >= 15 is 0 Å². The Hall–Kier alpha value is -1.30. The van der Waals surface area contributed by atoms with Crippen LogP contribution in [0, 0.1) is 5.92 Å². The highest BCUT2D eigenvalue weighted by molar-refractivity contribution is 5.29. The Morgan fingerprint density at radius 1 is 1.47 bits per heavy atom. The van der Waals surface area contributed by atoms with Crippen molar-refractivity contribution in [3.63, 3.8) is 0 Å². The molecule has 6 heteroatoms. The first-order chi connectivity index (χ1) is 8.24. The van der Waals surface area contributed by atoms with E-state index in [-0.39, 0.29) is 6.54 Å². The van der Waals surface area contributed by atoms with Crippen molar-refractivity contribution in [2.24, 2.45) is 5.92 Å². The van der Waals surface area contributed by atoms with Crippen molar-refractivity contribution in [2.75, 3.05) is 31.5 Å². The number of anilines is 1. The lowest BCUT2D eigenvalue weighted by Crippen LogP contribution is -2.27. The van der Waals surface area contributed by atoms with E-state index < -0.39 is 6.43 Å². The second-order valence-electron chi connectivity index (χ2n) is 4.28. The zero-order valence-electron chi connectivity index (χ0n) is 9.52. The van der Waals surface area contributed by atoms with Crippen LogP contribution in [0.4, 0.5) is 14.6 Å². The third-order valence-electron chi connectivity index (χ3n) is 2.90. The van der Waals surface area contributed by atoms with Gasteiger partial charge in [0, 0.05) is 25.5 Å². The molecule has 0 aliphatic carbocycles. The molecule has 0 saturated carbocycles. The van der Waals surface area contributed by atoms with Gasteiger partial charge >= 0.3 is 0 Å². The Morgan fingerprint density at radius 3 is 3.06 bits per heavy atom. The quantitative estimate of drug-likeness (QED) is 0.849. The van der Waals surface area contributed by atoms with Gasteiger partial charge < -0.3 is 5.32 Å². The van der Waals surface area contributed by atoms with E-state index in [0.29, 0.717) is 5.92 Å². The molecule has 1 saturated heterocycles. The van der Waals surface area contributed by atoms with Gasteiger partial charge in [-0.2, -0.15) is 0 Å².